The molecule has 1 rings (SSSR count). The van der Waals surface area contributed by atoms with Crippen LogP contribution in [0.2, 0.25) is 0 Å². The summed E-state index contributed by atoms with van der Waals surface area (Å²) >= 11 is 0. The number of nitrogens with zero attached hydrogens (tertiary/aromatic N) is 1. The van der Waals surface area contributed by atoms with E-state index < -0.39 is 0 Å². The van der Waals surface area contributed by atoms with Gasteiger partial charge in [-0.05, 0) is 24.1 Å². The first-order chi connectivity index (χ1) is 8.76. The van der Waals surface area contributed by atoms with E-state index in [0.29, 0.717) is 19.1 Å². The number of guanidine groups is 1. The molecule has 0 fully saturated rings. The van der Waals surface area contributed by atoms with Crippen molar-refractivity contribution in [3.63, 3.8) is 0 Å². The number of ether oxygens (including phenoxy) is 2. The van der Waals surface area contributed by atoms with E-state index in [0.717, 1.165) is 18.7 Å². The van der Waals surface area contributed by atoms with Crippen LogP contribution in [-0.2, 0) is 11.2 Å². The zero-order valence-electron chi connectivity index (χ0n) is 11.4. The predicted octanol–water partition coefficient (Wildman–Crippen LogP) is 1.41. The molecule has 0 saturated heterocycles. The Morgan fingerprint density at radius 1 is 1.26 bits per heavy atom. The van der Waals surface area contributed by atoms with Crippen LogP contribution in [0.4, 0.5) is 0 Å². The van der Waals surface area contributed by atoms with Gasteiger partial charge >= 0.3 is 0 Å². The lowest BCUT2D eigenvalue weighted by Gasteiger charge is -2.06. The molecule has 5 nitrogen and oxygen atoms in total. The van der Waals surface area contributed by atoms with E-state index >= 15 is 0 Å². The number of halogens is 1. The Morgan fingerprint density at radius 2 is 1.95 bits per heavy atom. The van der Waals surface area contributed by atoms with Crippen molar-refractivity contribution in [3.05, 3.63) is 29.8 Å². The largest absolute Gasteiger partial charge is 0.497 e. The molecule has 19 heavy (non-hydrogen) atoms. The standard InChI is InChI=1S/C13H21N3O2.HI/c1-17-10-9-16-13(14)15-8-7-11-3-5-12(18-2)6-4-11;/h3-6H,7-10H2,1-2H3,(H3,14,15,16);1H. The van der Waals surface area contributed by atoms with Gasteiger partial charge in [0.2, 0.25) is 0 Å². The number of benzene rings is 1. The summed E-state index contributed by atoms with van der Waals surface area (Å²) in [7, 11) is 3.30. The van der Waals surface area contributed by atoms with Crippen LogP contribution in [0.1, 0.15) is 5.56 Å². The molecule has 1 aromatic rings. The van der Waals surface area contributed by atoms with Gasteiger partial charge in [0.15, 0.2) is 5.96 Å². The first-order valence-corrected chi connectivity index (χ1v) is 5.92. The summed E-state index contributed by atoms with van der Waals surface area (Å²) < 4.78 is 9.99. The van der Waals surface area contributed by atoms with Gasteiger partial charge in [0, 0.05) is 13.7 Å². The van der Waals surface area contributed by atoms with E-state index in [1.54, 1.807) is 14.2 Å². The summed E-state index contributed by atoms with van der Waals surface area (Å²) in [5.41, 5.74) is 6.92. The lowest BCUT2D eigenvalue weighted by Crippen LogP contribution is -2.33. The maximum Gasteiger partial charge on any atom is 0.188 e. The van der Waals surface area contributed by atoms with Crippen molar-refractivity contribution in [2.24, 2.45) is 10.7 Å². The highest BCUT2D eigenvalue weighted by atomic mass is 127. The highest BCUT2D eigenvalue weighted by molar-refractivity contribution is 14.0. The fraction of sp³-hybridized carbons (Fsp3) is 0.462. The Morgan fingerprint density at radius 3 is 2.53 bits per heavy atom. The Kier molecular flexibility index (Phi) is 10.3. The quantitative estimate of drug-likeness (QED) is 0.325. The van der Waals surface area contributed by atoms with E-state index in [1.165, 1.54) is 5.56 Å². The average Bonchev–Trinajstić information content (AvgIpc) is 2.40. The van der Waals surface area contributed by atoms with Crippen molar-refractivity contribution < 1.29 is 9.47 Å². The number of rotatable bonds is 7. The average molecular weight is 379 g/mol. The molecule has 0 bridgehead atoms. The van der Waals surface area contributed by atoms with Crippen LogP contribution in [0, 0.1) is 0 Å². The van der Waals surface area contributed by atoms with Crippen molar-refractivity contribution in [2.75, 3.05) is 33.9 Å². The van der Waals surface area contributed by atoms with Gasteiger partial charge in [-0.25, -0.2) is 0 Å². The van der Waals surface area contributed by atoms with Crippen molar-refractivity contribution >= 4 is 29.9 Å². The zero-order valence-corrected chi connectivity index (χ0v) is 13.7. The number of nitrogens with two attached hydrogens (primary N) is 1. The van der Waals surface area contributed by atoms with Gasteiger partial charge in [-0.15, -0.1) is 24.0 Å². The van der Waals surface area contributed by atoms with E-state index in [9.17, 15) is 0 Å². The number of methoxy groups -OCH3 is 2. The maximum atomic E-state index is 5.69. The molecular formula is C13H22IN3O2. The molecule has 0 aliphatic heterocycles. The molecule has 0 aliphatic carbocycles. The minimum Gasteiger partial charge on any atom is -0.497 e. The monoisotopic (exact) mass is 379 g/mol. The fourth-order valence-electron chi connectivity index (χ4n) is 1.44. The highest BCUT2D eigenvalue weighted by Gasteiger charge is 1.95. The van der Waals surface area contributed by atoms with Gasteiger partial charge < -0.3 is 20.5 Å². The second-order valence-electron chi connectivity index (χ2n) is 3.78. The maximum absolute atomic E-state index is 5.69. The minimum absolute atomic E-state index is 0. The molecule has 0 unspecified atom stereocenters. The zero-order chi connectivity index (χ0) is 13.2. The smallest absolute Gasteiger partial charge is 0.188 e. The van der Waals surface area contributed by atoms with E-state index in [1.807, 2.05) is 24.3 Å². The summed E-state index contributed by atoms with van der Waals surface area (Å²) in [5, 5.41) is 3.06. The predicted molar refractivity (Wildman–Crippen MR) is 88.5 cm³/mol. The van der Waals surface area contributed by atoms with Gasteiger partial charge in [-0.1, -0.05) is 12.1 Å². The third-order valence-electron chi connectivity index (χ3n) is 2.46. The summed E-state index contributed by atoms with van der Waals surface area (Å²) in [6.45, 7) is 1.92. The molecule has 0 spiro atoms. The van der Waals surface area contributed by atoms with Gasteiger partial charge in [-0.3, -0.25) is 4.99 Å². The van der Waals surface area contributed by atoms with Gasteiger partial charge in [0.05, 0.1) is 20.3 Å². The van der Waals surface area contributed by atoms with Crippen LogP contribution in [0.5, 0.6) is 5.75 Å². The van der Waals surface area contributed by atoms with Crippen LogP contribution in [-0.4, -0.2) is 39.9 Å². The molecule has 0 amide bonds. The molecule has 0 aliphatic rings. The molecule has 108 valence electrons. The first-order valence-electron chi connectivity index (χ1n) is 5.92. The van der Waals surface area contributed by atoms with Gasteiger partial charge in [0.25, 0.3) is 0 Å². The van der Waals surface area contributed by atoms with Crippen molar-refractivity contribution in [1.82, 2.24) is 5.32 Å². The van der Waals surface area contributed by atoms with Gasteiger partial charge in [-0.2, -0.15) is 0 Å². The third-order valence-corrected chi connectivity index (χ3v) is 2.46. The molecule has 0 saturated carbocycles. The molecule has 6 heteroatoms. The molecule has 3 N–H and O–H groups in total. The number of aliphatic imine (C=N–C) groups is 1. The number of hydrogen-bond donors (Lipinski definition) is 2. The van der Waals surface area contributed by atoms with Crippen molar-refractivity contribution in [2.45, 2.75) is 6.42 Å². The minimum atomic E-state index is 0. The second kappa shape index (κ2) is 10.9. The van der Waals surface area contributed by atoms with Crippen LogP contribution >= 0.6 is 24.0 Å². The Balaban J connectivity index is 0.00000324. The van der Waals surface area contributed by atoms with E-state index in [4.69, 9.17) is 15.2 Å². The van der Waals surface area contributed by atoms with Crippen LogP contribution in [0.15, 0.2) is 29.3 Å². The number of nitrogens with one attached hydrogen (secondary N) is 1. The van der Waals surface area contributed by atoms with E-state index in [2.05, 4.69) is 10.3 Å². The summed E-state index contributed by atoms with van der Waals surface area (Å²) in [4.78, 5) is 4.11. The van der Waals surface area contributed by atoms with Gasteiger partial charge in [0.1, 0.15) is 5.75 Å². The number of hydrogen-bond acceptors (Lipinski definition) is 3. The summed E-state index contributed by atoms with van der Waals surface area (Å²) in [6.07, 6.45) is 0.893. The molecule has 1 aromatic carbocycles. The Hall–Kier alpha value is -1.02. The fourth-order valence-corrected chi connectivity index (χ4v) is 1.44. The Bertz CT molecular complexity index is 369. The Labute approximate surface area is 131 Å². The molecule has 0 aromatic heterocycles. The molecule has 0 heterocycles. The normalized spacial score (nSPS) is 10.7. The van der Waals surface area contributed by atoms with Crippen LogP contribution in [0.3, 0.4) is 0 Å². The van der Waals surface area contributed by atoms with Crippen LogP contribution < -0.4 is 15.8 Å². The SMILES string of the molecule is COCCN=C(N)NCCc1ccc(OC)cc1.I. The molecule has 0 atom stereocenters. The third kappa shape index (κ3) is 7.89. The first kappa shape index (κ1) is 18.0. The second-order valence-corrected chi connectivity index (χ2v) is 3.78. The summed E-state index contributed by atoms with van der Waals surface area (Å²) in [6, 6.07) is 7.98. The topological polar surface area (TPSA) is 68.9 Å². The van der Waals surface area contributed by atoms with Crippen LogP contribution in [0.25, 0.3) is 0 Å². The van der Waals surface area contributed by atoms with Crippen molar-refractivity contribution in [1.29, 1.82) is 0 Å². The summed E-state index contributed by atoms with van der Waals surface area (Å²) in [5.74, 6) is 1.33. The highest BCUT2D eigenvalue weighted by Crippen LogP contribution is 2.11. The van der Waals surface area contributed by atoms with E-state index in [-0.39, 0.29) is 24.0 Å². The molecule has 0 radical (unpaired) electrons. The van der Waals surface area contributed by atoms with Crippen molar-refractivity contribution in [3.8, 4) is 5.75 Å². The lowest BCUT2D eigenvalue weighted by molar-refractivity contribution is 0.208. The molecular weight excluding hydrogens is 357 g/mol. The lowest BCUT2D eigenvalue weighted by atomic mass is 10.1.